The fraction of sp³-hybridized carbons (Fsp3) is 0.350. The van der Waals surface area contributed by atoms with Crippen LogP contribution < -0.4 is 10.6 Å². The van der Waals surface area contributed by atoms with Gasteiger partial charge in [0.1, 0.15) is 0 Å². The maximum Gasteiger partial charge on any atom is 0.257 e. The molecule has 1 amide bonds. The lowest BCUT2D eigenvalue weighted by Gasteiger charge is -2.33. The third-order valence-corrected chi connectivity index (χ3v) is 5.17. The van der Waals surface area contributed by atoms with Crippen LogP contribution >= 0.6 is 12.4 Å². The third-order valence-electron chi connectivity index (χ3n) is 5.17. The fourth-order valence-electron chi connectivity index (χ4n) is 3.66. The van der Waals surface area contributed by atoms with Crippen molar-refractivity contribution in [3.05, 3.63) is 58.9 Å². The Morgan fingerprint density at radius 3 is 2.90 bits per heavy atom. The summed E-state index contributed by atoms with van der Waals surface area (Å²) in [4.78, 5) is 17.0. The molecule has 6 nitrogen and oxygen atoms in total. The number of pyridine rings is 1. The monoisotopic (exact) mass is 422 g/mol. The molecule has 1 aliphatic rings. The Morgan fingerprint density at radius 2 is 2.14 bits per heavy atom. The van der Waals surface area contributed by atoms with Gasteiger partial charge in [0.05, 0.1) is 16.6 Å². The summed E-state index contributed by atoms with van der Waals surface area (Å²) in [6.45, 7) is 3.23. The molecule has 0 aliphatic carbocycles. The molecule has 2 N–H and O–H groups in total. The minimum absolute atomic E-state index is 0. The lowest BCUT2D eigenvalue weighted by atomic mass is 9.86. The molecule has 2 aromatic heterocycles. The molecule has 9 heteroatoms. The first kappa shape index (κ1) is 21.1. The average Bonchev–Trinajstić information content (AvgIpc) is 3.13. The van der Waals surface area contributed by atoms with Gasteiger partial charge in [0.2, 0.25) is 0 Å². The molecule has 0 saturated carbocycles. The maximum absolute atomic E-state index is 13.7. The highest BCUT2D eigenvalue weighted by Crippen LogP contribution is 2.27. The number of carbonyl (C=O) groups excluding carboxylic acids is 1. The van der Waals surface area contributed by atoms with Crippen molar-refractivity contribution in [2.24, 2.45) is 0 Å². The molecule has 1 saturated heterocycles. The fourth-order valence-corrected chi connectivity index (χ4v) is 3.66. The SMILES string of the molecule is CCc1noc2ncc(C(=O)NC3CNCCC3c3ccc(F)c(F)c3)cc12.Cl. The van der Waals surface area contributed by atoms with Crippen LogP contribution in [0.2, 0.25) is 0 Å². The topological polar surface area (TPSA) is 80.0 Å². The van der Waals surface area contributed by atoms with E-state index in [2.05, 4.69) is 20.8 Å². The minimum atomic E-state index is -0.879. The van der Waals surface area contributed by atoms with Crippen molar-refractivity contribution in [3.63, 3.8) is 0 Å². The normalized spacial score (nSPS) is 19.0. The number of nitrogens with one attached hydrogen (secondary N) is 2. The highest BCUT2D eigenvalue weighted by molar-refractivity contribution is 5.97. The van der Waals surface area contributed by atoms with Crippen molar-refractivity contribution in [2.45, 2.75) is 31.7 Å². The number of nitrogens with zero attached hydrogens (tertiary/aromatic N) is 2. The Hall–Kier alpha value is -2.58. The number of carbonyl (C=O) groups is 1. The van der Waals surface area contributed by atoms with Gasteiger partial charge in [-0.25, -0.2) is 13.8 Å². The van der Waals surface area contributed by atoms with Crippen LogP contribution in [0.3, 0.4) is 0 Å². The Labute approximate surface area is 172 Å². The zero-order valence-corrected chi connectivity index (χ0v) is 16.6. The summed E-state index contributed by atoms with van der Waals surface area (Å²) in [6, 6.07) is 5.38. The van der Waals surface area contributed by atoms with Crippen molar-refractivity contribution < 1.29 is 18.1 Å². The third kappa shape index (κ3) is 4.23. The molecule has 2 unspecified atom stereocenters. The second kappa shape index (κ2) is 8.84. The number of aromatic nitrogens is 2. The van der Waals surface area contributed by atoms with E-state index in [0.29, 0.717) is 41.6 Å². The van der Waals surface area contributed by atoms with Gasteiger partial charge in [0, 0.05) is 24.7 Å². The number of benzene rings is 1. The van der Waals surface area contributed by atoms with E-state index in [9.17, 15) is 13.6 Å². The smallest absolute Gasteiger partial charge is 0.257 e. The molecule has 1 aromatic carbocycles. The van der Waals surface area contributed by atoms with Gasteiger partial charge in [-0.3, -0.25) is 4.79 Å². The number of piperidine rings is 1. The molecule has 154 valence electrons. The Morgan fingerprint density at radius 1 is 1.31 bits per heavy atom. The van der Waals surface area contributed by atoms with Crippen molar-refractivity contribution in [3.8, 4) is 0 Å². The van der Waals surface area contributed by atoms with E-state index in [-0.39, 0.29) is 30.3 Å². The van der Waals surface area contributed by atoms with Gasteiger partial charge < -0.3 is 15.2 Å². The van der Waals surface area contributed by atoms with E-state index in [0.717, 1.165) is 18.3 Å². The first-order chi connectivity index (χ1) is 13.6. The van der Waals surface area contributed by atoms with Gasteiger partial charge in [-0.15, -0.1) is 12.4 Å². The van der Waals surface area contributed by atoms with Gasteiger partial charge in [-0.05, 0) is 43.1 Å². The van der Waals surface area contributed by atoms with Crippen LogP contribution in [0.5, 0.6) is 0 Å². The van der Waals surface area contributed by atoms with Crippen molar-refractivity contribution in [2.75, 3.05) is 13.1 Å². The standard InChI is InChI=1S/C20H20F2N4O2.ClH/c1-2-17-14-7-12(9-24-20(14)28-26-17)19(27)25-18-10-23-6-5-13(18)11-3-4-15(21)16(22)8-11;/h3-4,7-9,13,18,23H,2,5-6,10H2,1H3,(H,25,27);1H. The Bertz CT molecular complexity index is 1030. The van der Waals surface area contributed by atoms with Crippen LogP contribution in [-0.2, 0) is 6.42 Å². The number of hydrogen-bond donors (Lipinski definition) is 2. The number of aryl methyl sites for hydroxylation is 1. The van der Waals surface area contributed by atoms with E-state index < -0.39 is 11.6 Å². The molecule has 0 bridgehead atoms. The van der Waals surface area contributed by atoms with Gasteiger partial charge in [0.25, 0.3) is 11.6 Å². The van der Waals surface area contributed by atoms with E-state index in [4.69, 9.17) is 4.52 Å². The summed E-state index contributed by atoms with van der Waals surface area (Å²) < 4.78 is 32.1. The average molecular weight is 423 g/mol. The molecule has 3 heterocycles. The number of halogens is 3. The van der Waals surface area contributed by atoms with Crippen LogP contribution in [0, 0.1) is 11.6 Å². The van der Waals surface area contributed by atoms with E-state index in [1.165, 1.54) is 12.3 Å². The summed E-state index contributed by atoms with van der Waals surface area (Å²) in [5, 5.41) is 10.9. The predicted octanol–water partition coefficient (Wildman–Crippen LogP) is 3.36. The lowest BCUT2D eigenvalue weighted by molar-refractivity contribution is 0.0924. The van der Waals surface area contributed by atoms with E-state index in [1.807, 2.05) is 6.92 Å². The molecule has 0 radical (unpaired) electrons. The van der Waals surface area contributed by atoms with Crippen molar-refractivity contribution in [1.82, 2.24) is 20.8 Å². The van der Waals surface area contributed by atoms with Gasteiger partial charge >= 0.3 is 0 Å². The zero-order valence-electron chi connectivity index (χ0n) is 15.7. The summed E-state index contributed by atoms with van der Waals surface area (Å²) in [5.41, 5.74) is 2.22. The van der Waals surface area contributed by atoms with E-state index >= 15 is 0 Å². The Balaban J connectivity index is 0.00000240. The Kier molecular flexibility index (Phi) is 6.44. The molecule has 2 atom stereocenters. The number of rotatable bonds is 4. The number of fused-ring (bicyclic) bond motifs is 1. The van der Waals surface area contributed by atoms with Crippen LogP contribution in [0.15, 0.2) is 35.0 Å². The lowest BCUT2D eigenvalue weighted by Crippen LogP contribution is -2.50. The summed E-state index contributed by atoms with van der Waals surface area (Å²) >= 11 is 0. The number of hydrogen-bond acceptors (Lipinski definition) is 5. The van der Waals surface area contributed by atoms with Gasteiger partial charge in [-0.1, -0.05) is 18.1 Å². The van der Waals surface area contributed by atoms with Crippen LogP contribution in [0.4, 0.5) is 8.78 Å². The second-order valence-electron chi connectivity index (χ2n) is 6.91. The van der Waals surface area contributed by atoms with Crippen LogP contribution in [-0.4, -0.2) is 35.2 Å². The quantitative estimate of drug-likeness (QED) is 0.674. The highest BCUT2D eigenvalue weighted by atomic mass is 35.5. The summed E-state index contributed by atoms with van der Waals surface area (Å²) in [6.07, 6.45) is 2.83. The molecule has 1 fully saturated rings. The maximum atomic E-state index is 13.7. The summed E-state index contributed by atoms with van der Waals surface area (Å²) in [5.74, 6) is -2.15. The second-order valence-corrected chi connectivity index (χ2v) is 6.91. The molecule has 4 rings (SSSR count). The van der Waals surface area contributed by atoms with Crippen molar-refractivity contribution >= 4 is 29.4 Å². The van der Waals surface area contributed by atoms with Crippen molar-refractivity contribution in [1.29, 1.82) is 0 Å². The molecular formula is C20H21ClF2N4O2. The highest BCUT2D eigenvalue weighted by Gasteiger charge is 2.29. The summed E-state index contributed by atoms with van der Waals surface area (Å²) in [7, 11) is 0. The van der Waals surface area contributed by atoms with Crippen LogP contribution in [0.1, 0.15) is 40.9 Å². The predicted molar refractivity (Wildman–Crippen MR) is 106 cm³/mol. The molecule has 0 spiro atoms. The van der Waals surface area contributed by atoms with Crippen LogP contribution in [0.25, 0.3) is 11.1 Å². The van der Waals surface area contributed by atoms with Gasteiger partial charge in [-0.2, -0.15) is 0 Å². The first-order valence-electron chi connectivity index (χ1n) is 9.27. The first-order valence-corrected chi connectivity index (χ1v) is 9.27. The molecule has 29 heavy (non-hydrogen) atoms. The minimum Gasteiger partial charge on any atom is -0.347 e. The molecule has 1 aliphatic heterocycles. The van der Waals surface area contributed by atoms with E-state index in [1.54, 1.807) is 12.1 Å². The molecule has 3 aromatic rings. The number of amides is 1. The van der Waals surface area contributed by atoms with Gasteiger partial charge in [0.15, 0.2) is 11.6 Å². The zero-order chi connectivity index (χ0) is 19.7. The largest absolute Gasteiger partial charge is 0.347 e. The molecular weight excluding hydrogens is 402 g/mol.